The van der Waals surface area contributed by atoms with Crippen LogP contribution in [0.1, 0.15) is 13.8 Å². The number of likely N-dealkylation sites (tertiary alicyclic amines) is 1. The van der Waals surface area contributed by atoms with E-state index in [1.165, 1.54) is 12.3 Å². The summed E-state index contributed by atoms with van der Waals surface area (Å²) in [4.78, 5) is 6.17. The van der Waals surface area contributed by atoms with E-state index in [4.69, 9.17) is 4.74 Å². The molecular formula is C11H15FN2O. The lowest BCUT2D eigenvalue weighted by Crippen LogP contribution is -2.56. The minimum absolute atomic E-state index is 0.199. The molecular weight excluding hydrogens is 195 g/mol. The second-order valence-electron chi connectivity index (χ2n) is 4.10. The van der Waals surface area contributed by atoms with Crippen LogP contribution in [0.25, 0.3) is 0 Å². The van der Waals surface area contributed by atoms with E-state index in [1.807, 2.05) is 0 Å². The van der Waals surface area contributed by atoms with E-state index in [-0.39, 0.29) is 11.9 Å². The van der Waals surface area contributed by atoms with Gasteiger partial charge in [-0.15, -0.1) is 0 Å². The summed E-state index contributed by atoms with van der Waals surface area (Å²) in [5, 5.41) is 0. The molecule has 0 aromatic carbocycles. The van der Waals surface area contributed by atoms with Gasteiger partial charge < -0.3 is 4.74 Å². The Kier molecular flexibility index (Phi) is 2.86. The summed E-state index contributed by atoms with van der Waals surface area (Å²) in [6.07, 6.45) is 1.37. The second kappa shape index (κ2) is 4.14. The zero-order valence-electron chi connectivity index (χ0n) is 8.98. The van der Waals surface area contributed by atoms with Crippen molar-refractivity contribution in [2.75, 3.05) is 13.1 Å². The lowest BCUT2D eigenvalue weighted by Gasteiger charge is -2.41. The first-order chi connectivity index (χ1) is 7.15. The number of rotatable bonds is 3. The minimum atomic E-state index is -0.334. The molecule has 1 aliphatic rings. The van der Waals surface area contributed by atoms with Gasteiger partial charge in [-0.25, -0.2) is 9.37 Å². The van der Waals surface area contributed by atoms with Gasteiger partial charge in [-0.2, -0.15) is 0 Å². The van der Waals surface area contributed by atoms with Crippen LogP contribution in [0.3, 0.4) is 0 Å². The van der Waals surface area contributed by atoms with Gasteiger partial charge in [0.2, 0.25) is 5.88 Å². The highest BCUT2D eigenvalue weighted by molar-refractivity contribution is 5.11. The highest BCUT2D eigenvalue weighted by Gasteiger charge is 2.30. The largest absolute Gasteiger partial charge is 0.472 e. The van der Waals surface area contributed by atoms with E-state index < -0.39 is 0 Å². The molecule has 1 aromatic heterocycles. The SMILES string of the molecule is CC(C)N1CC(Oc2ccc(F)cn2)C1. The predicted octanol–water partition coefficient (Wildman–Crippen LogP) is 1.69. The van der Waals surface area contributed by atoms with Crippen molar-refractivity contribution < 1.29 is 9.13 Å². The highest BCUT2D eigenvalue weighted by Crippen LogP contribution is 2.17. The maximum Gasteiger partial charge on any atom is 0.213 e. The fourth-order valence-corrected chi connectivity index (χ4v) is 1.57. The number of aromatic nitrogens is 1. The van der Waals surface area contributed by atoms with Crippen molar-refractivity contribution in [3.05, 3.63) is 24.1 Å². The molecule has 2 rings (SSSR count). The molecule has 1 fully saturated rings. The van der Waals surface area contributed by atoms with Crippen LogP contribution >= 0.6 is 0 Å². The zero-order valence-corrected chi connectivity index (χ0v) is 8.98. The number of ether oxygens (including phenoxy) is 1. The number of pyridine rings is 1. The molecule has 1 saturated heterocycles. The molecule has 0 atom stereocenters. The van der Waals surface area contributed by atoms with Gasteiger partial charge in [-0.1, -0.05) is 0 Å². The molecule has 1 aromatic rings. The normalized spacial score (nSPS) is 17.9. The Balaban J connectivity index is 1.82. The van der Waals surface area contributed by atoms with Gasteiger partial charge in [0.1, 0.15) is 11.9 Å². The molecule has 4 heteroatoms. The van der Waals surface area contributed by atoms with Gasteiger partial charge in [-0.3, -0.25) is 4.90 Å². The summed E-state index contributed by atoms with van der Waals surface area (Å²) < 4.78 is 18.1. The molecule has 0 aliphatic carbocycles. The van der Waals surface area contributed by atoms with Crippen molar-refractivity contribution in [3.8, 4) is 5.88 Å². The molecule has 0 spiro atoms. The smallest absolute Gasteiger partial charge is 0.213 e. The van der Waals surface area contributed by atoms with Crippen LogP contribution < -0.4 is 4.74 Å². The van der Waals surface area contributed by atoms with Crippen molar-refractivity contribution in [1.82, 2.24) is 9.88 Å². The Bertz CT molecular complexity index is 320. The van der Waals surface area contributed by atoms with Crippen molar-refractivity contribution in [1.29, 1.82) is 0 Å². The van der Waals surface area contributed by atoms with Crippen molar-refractivity contribution in [2.24, 2.45) is 0 Å². The molecule has 2 heterocycles. The highest BCUT2D eigenvalue weighted by atomic mass is 19.1. The summed E-state index contributed by atoms with van der Waals surface area (Å²) in [6.45, 7) is 6.17. The fraction of sp³-hybridized carbons (Fsp3) is 0.545. The molecule has 0 N–H and O–H groups in total. The first kappa shape index (κ1) is 10.4. The number of halogens is 1. The van der Waals surface area contributed by atoms with Crippen LogP contribution in [-0.4, -0.2) is 35.1 Å². The van der Waals surface area contributed by atoms with E-state index >= 15 is 0 Å². The maximum atomic E-state index is 12.6. The van der Waals surface area contributed by atoms with Crippen molar-refractivity contribution >= 4 is 0 Å². The summed E-state index contributed by atoms with van der Waals surface area (Å²) in [6, 6.07) is 3.49. The Hall–Kier alpha value is -1.16. The minimum Gasteiger partial charge on any atom is -0.472 e. The van der Waals surface area contributed by atoms with E-state index in [0.29, 0.717) is 11.9 Å². The Labute approximate surface area is 88.9 Å². The topological polar surface area (TPSA) is 25.4 Å². The first-order valence-electron chi connectivity index (χ1n) is 5.17. The standard InChI is InChI=1S/C11H15FN2O/c1-8(2)14-6-10(7-14)15-11-4-3-9(12)5-13-11/h3-5,8,10H,6-7H2,1-2H3. The Morgan fingerprint density at radius 1 is 1.47 bits per heavy atom. The van der Waals surface area contributed by atoms with Crippen LogP contribution in [0.2, 0.25) is 0 Å². The summed E-state index contributed by atoms with van der Waals surface area (Å²) in [7, 11) is 0. The molecule has 0 unspecified atom stereocenters. The van der Waals surface area contributed by atoms with Gasteiger partial charge in [0, 0.05) is 25.2 Å². The van der Waals surface area contributed by atoms with E-state index in [9.17, 15) is 4.39 Å². The van der Waals surface area contributed by atoms with Gasteiger partial charge in [0.05, 0.1) is 6.20 Å². The molecule has 15 heavy (non-hydrogen) atoms. The first-order valence-corrected chi connectivity index (χ1v) is 5.17. The number of nitrogens with zero attached hydrogens (tertiary/aromatic N) is 2. The average Bonchev–Trinajstić information content (AvgIpc) is 2.13. The van der Waals surface area contributed by atoms with Gasteiger partial charge >= 0.3 is 0 Å². The molecule has 1 aliphatic heterocycles. The third kappa shape index (κ3) is 2.45. The molecule has 3 nitrogen and oxygen atoms in total. The van der Waals surface area contributed by atoms with Crippen LogP contribution in [0.5, 0.6) is 5.88 Å². The summed E-state index contributed by atoms with van der Waals surface area (Å²) in [5.74, 6) is 0.171. The number of hydrogen-bond acceptors (Lipinski definition) is 3. The molecule has 0 radical (unpaired) electrons. The van der Waals surface area contributed by atoms with Gasteiger partial charge in [0.15, 0.2) is 0 Å². The predicted molar refractivity (Wildman–Crippen MR) is 55.3 cm³/mol. The van der Waals surface area contributed by atoms with E-state index in [2.05, 4.69) is 23.7 Å². The fourth-order valence-electron chi connectivity index (χ4n) is 1.57. The maximum absolute atomic E-state index is 12.6. The van der Waals surface area contributed by atoms with Gasteiger partial charge in [-0.05, 0) is 19.9 Å². The van der Waals surface area contributed by atoms with E-state index in [1.54, 1.807) is 6.07 Å². The van der Waals surface area contributed by atoms with Crippen LogP contribution in [0.15, 0.2) is 18.3 Å². The zero-order chi connectivity index (χ0) is 10.8. The third-order valence-corrected chi connectivity index (χ3v) is 2.59. The van der Waals surface area contributed by atoms with Crippen molar-refractivity contribution in [2.45, 2.75) is 26.0 Å². The molecule has 82 valence electrons. The second-order valence-corrected chi connectivity index (χ2v) is 4.10. The van der Waals surface area contributed by atoms with E-state index in [0.717, 1.165) is 13.1 Å². The quantitative estimate of drug-likeness (QED) is 0.759. The summed E-state index contributed by atoms with van der Waals surface area (Å²) >= 11 is 0. The van der Waals surface area contributed by atoms with Gasteiger partial charge in [0.25, 0.3) is 0 Å². The molecule has 0 bridgehead atoms. The average molecular weight is 210 g/mol. The third-order valence-electron chi connectivity index (χ3n) is 2.59. The molecule has 0 saturated carbocycles. The molecule has 0 amide bonds. The van der Waals surface area contributed by atoms with Crippen LogP contribution in [0.4, 0.5) is 4.39 Å². The number of hydrogen-bond donors (Lipinski definition) is 0. The summed E-state index contributed by atoms with van der Waals surface area (Å²) in [5.41, 5.74) is 0. The van der Waals surface area contributed by atoms with Crippen LogP contribution in [-0.2, 0) is 0 Å². The van der Waals surface area contributed by atoms with Crippen LogP contribution in [0, 0.1) is 5.82 Å². The lowest BCUT2D eigenvalue weighted by atomic mass is 10.1. The Morgan fingerprint density at radius 3 is 2.73 bits per heavy atom. The monoisotopic (exact) mass is 210 g/mol. The Morgan fingerprint density at radius 2 is 2.20 bits per heavy atom. The van der Waals surface area contributed by atoms with Crippen molar-refractivity contribution in [3.63, 3.8) is 0 Å². The lowest BCUT2D eigenvalue weighted by molar-refractivity contribution is -0.00234.